The number of phenols is 1. The number of anilines is 1. The fourth-order valence-electron chi connectivity index (χ4n) is 11.9. The van der Waals surface area contributed by atoms with Crippen molar-refractivity contribution in [3.8, 4) is 46.5 Å². The van der Waals surface area contributed by atoms with Gasteiger partial charge in [0.25, 0.3) is 0 Å². The molecule has 16 nitrogen and oxygen atoms in total. The number of halogens is 5. The molecule has 6 heterocycles. The van der Waals surface area contributed by atoms with Crippen molar-refractivity contribution in [3.05, 3.63) is 107 Å². The van der Waals surface area contributed by atoms with Gasteiger partial charge in [-0.3, -0.25) is 24.3 Å². The summed E-state index contributed by atoms with van der Waals surface area (Å²) in [5, 5.41) is 31.8. The van der Waals surface area contributed by atoms with Crippen LogP contribution < -0.4 is 25.6 Å². The normalized spacial score (nSPS) is 20.8. The Morgan fingerprint density at radius 3 is 2.37 bits per heavy atom. The molecule has 82 heavy (non-hydrogen) atoms. The van der Waals surface area contributed by atoms with Gasteiger partial charge in [0.05, 0.1) is 35.3 Å². The molecule has 2 aromatic heterocycles. The number of rotatable bonds is 18. The Labute approximate surface area is 471 Å². The third-order valence-electron chi connectivity index (χ3n) is 16.1. The standard InChI is InChI=1S/C61H66F5N9O7/c1-6-42-45(62)17-14-36-25-40(76)26-43(50(36)42)54-53(66)55-44(28-67-54)57(74-29-37-15-16-38(30-74)69-37)72-60(71-55)82-32-39-9-7-21-73(39)22-8-23-81-24-20-49(78)70-56(61(3,4)5)59(80)75-31-41(77)27-48(75)58(79)68-33(2)34-10-12-35(13-11-34)51-46(63)18-19-47(64)52(51)65/h1,10-14,17-19,25-26,28,33,37-39,41,48,56,69,76-77H,7-9,15-16,20-24,27,29-32H2,2-5H3,(H,68,79)(H,70,78)/t33-,37?,38?,39-,41+,48-,56+/m0/s1. The van der Waals surface area contributed by atoms with Crippen LogP contribution in [0.5, 0.6) is 11.8 Å². The van der Waals surface area contributed by atoms with Crippen LogP contribution in [0.2, 0.25) is 0 Å². The number of piperazine rings is 1. The van der Waals surface area contributed by atoms with Crippen molar-refractivity contribution in [2.75, 3.05) is 57.4 Å². The number of terminal acetylenes is 1. The number of fused-ring (bicyclic) bond motifs is 4. The predicted octanol–water partition coefficient (Wildman–Crippen LogP) is 7.85. The molecule has 10 rings (SSSR count). The van der Waals surface area contributed by atoms with Crippen molar-refractivity contribution in [1.82, 2.24) is 40.7 Å². The van der Waals surface area contributed by atoms with E-state index in [-0.39, 0.29) is 95.8 Å². The number of likely N-dealkylation sites (tertiary alicyclic amines) is 2. The summed E-state index contributed by atoms with van der Waals surface area (Å²) in [4.78, 5) is 61.1. The van der Waals surface area contributed by atoms with Crippen LogP contribution in [0.4, 0.5) is 27.8 Å². The van der Waals surface area contributed by atoms with Gasteiger partial charge < -0.3 is 45.4 Å². The zero-order valence-electron chi connectivity index (χ0n) is 46.1. The van der Waals surface area contributed by atoms with Gasteiger partial charge in [-0.1, -0.05) is 57.0 Å². The van der Waals surface area contributed by atoms with Gasteiger partial charge in [-0.05, 0) is 97.8 Å². The van der Waals surface area contributed by atoms with Crippen molar-refractivity contribution >= 4 is 45.2 Å². The van der Waals surface area contributed by atoms with Crippen molar-refractivity contribution in [3.63, 3.8) is 0 Å². The van der Waals surface area contributed by atoms with Gasteiger partial charge in [0.15, 0.2) is 17.5 Å². The average molecular weight is 1130 g/mol. The summed E-state index contributed by atoms with van der Waals surface area (Å²) < 4.78 is 87.3. The zero-order valence-corrected chi connectivity index (χ0v) is 46.1. The molecule has 4 aromatic carbocycles. The second-order valence-electron chi connectivity index (χ2n) is 22.9. The molecule has 2 bridgehead atoms. The largest absolute Gasteiger partial charge is 0.508 e. The number of aliphatic hydroxyl groups is 1. The molecular formula is C61H66F5N9O7. The Kier molecular flexibility index (Phi) is 17.0. The van der Waals surface area contributed by atoms with Crippen molar-refractivity contribution in [1.29, 1.82) is 0 Å². The van der Waals surface area contributed by atoms with Crippen molar-refractivity contribution in [2.45, 2.75) is 115 Å². The Morgan fingerprint density at radius 2 is 1.63 bits per heavy atom. The van der Waals surface area contributed by atoms with Crippen LogP contribution in [0, 0.1) is 46.8 Å². The molecular weight excluding hydrogens is 1070 g/mol. The number of amides is 3. The van der Waals surface area contributed by atoms with Crippen molar-refractivity contribution < 1.29 is 56.0 Å². The number of hydrogen-bond donors (Lipinski definition) is 5. The molecule has 2 unspecified atom stereocenters. The lowest BCUT2D eigenvalue weighted by molar-refractivity contribution is -0.144. The van der Waals surface area contributed by atoms with Gasteiger partial charge in [-0.15, -0.1) is 6.42 Å². The van der Waals surface area contributed by atoms with Gasteiger partial charge >= 0.3 is 6.01 Å². The van der Waals surface area contributed by atoms with E-state index in [1.807, 2.05) is 0 Å². The van der Waals surface area contributed by atoms with Gasteiger partial charge in [0, 0.05) is 80.9 Å². The molecule has 6 aromatic rings. The number of nitrogens with zero attached hydrogens (tertiary/aromatic N) is 6. The molecule has 4 aliphatic heterocycles. The van der Waals surface area contributed by atoms with Gasteiger partial charge in [-0.25, -0.2) is 22.0 Å². The fraction of sp³-hybridized carbons (Fsp3) is 0.443. The van der Waals surface area contributed by atoms with Crippen LogP contribution >= 0.6 is 0 Å². The summed E-state index contributed by atoms with van der Waals surface area (Å²) >= 11 is 0. The number of aromatic nitrogens is 3. The third-order valence-corrected chi connectivity index (χ3v) is 16.1. The molecule has 4 saturated heterocycles. The number of aliphatic hydroxyl groups excluding tert-OH is 1. The number of β-amino-alcohol motifs (C(OH)–C–C–N with tert-alkyl or cyclic N) is 1. The Morgan fingerprint density at radius 1 is 0.902 bits per heavy atom. The number of carbonyl (C=O) groups excluding carboxylic acids is 3. The molecule has 0 radical (unpaired) electrons. The summed E-state index contributed by atoms with van der Waals surface area (Å²) in [6.45, 7) is 10.3. The number of benzene rings is 4. The highest BCUT2D eigenvalue weighted by Gasteiger charge is 2.45. The number of ether oxygens (including phenoxy) is 2. The minimum atomic E-state index is -1.31. The van der Waals surface area contributed by atoms with E-state index >= 15 is 8.78 Å². The number of nitrogens with one attached hydrogen (secondary N) is 3. The lowest BCUT2D eigenvalue weighted by Crippen LogP contribution is -2.58. The number of pyridine rings is 1. The number of aromatic hydroxyl groups is 1. The second-order valence-corrected chi connectivity index (χ2v) is 22.9. The first-order chi connectivity index (χ1) is 39.3. The highest BCUT2D eigenvalue weighted by Crippen LogP contribution is 2.40. The van der Waals surface area contributed by atoms with Gasteiger partial charge in [0.1, 0.15) is 53.1 Å². The minimum absolute atomic E-state index is 0.0107. The lowest BCUT2D eigenvalue weighted by Gasteiger charge is -2.35. The Balaban J connectivity index is 0.731. The van der Waals surface area contributed by atoms with E-state index in [9.17, 15) is 37.8 Å². The van der Waals surface area contributed by atoms with Crippen LogP contribution in [0.25, 0.3) is 44.1 Å². The van der Waals surface area contributed by atoms with E-state index in [4.69, 9.17) is 20.9 Å². The quantitative estimate of drug-likeness (QED) is 0.0242. The first-order valence-corrected chi connectivity index (χ1v) is 27.8. The maximum absolute atomic E-state index is 17.1. The molecule has 3 amide bonds. The summed E-state index contributed by atoms with van der Waals surface area (Å²) in [6.07, 6.45) is 10.6. The van der Waals surface area contributed by atoms with Crippen LogP contribution in [0.15, 0.2) is 66.9 Å². The van der Waals surface area contributed by atoms with Crippen molar-refractivity contribution in [2.24, 2.45) is 5.41 Å². The zero-order chi connectivity index (χ0) is 58.1. The van der Waals surface area contributed by atoms with E-state index < -0.39 is 82.0 Å². The smallest absolute Gasteiger partial charge is 0.319 e. The molecule has 7 atom stereocenters. The fourth-order valence-corrected chi connectivity index (χ4v) is 11.9. The predicted molar refractivity (Wildman–Crippen MR) is 298 cm³/mol. The molecule has 0 spiro atoms. The molecule has 4 fully saturated rings. The summed E-state index contributed by atoms with van der Waals surface area (Å²) in [7, 11) is 0. The second kappa shape index (κ2) is 24.1. The van der Waals surface area contributed by atoms with E-state index in [2.05, 4.69) is 41.6 Å². The van der Waals surface area contributed by atoms with Crippen LogP contribution in [-0.4, -0.2) is 142 Å². The summed E-state index contributed by atoms with van der Waals surface area (Å²) in [5.74, 6) is -3.72. The monoisotopic (exact) mass is 1130 g/mol. The topological polar surface area (TPSA) is 195 Å². The SMILES string of the molecule is C#Cc1c(F)ccc2cc(O)cc(-c3ncc4c(N5CC6CCC(C5)N6)nc(OC[C@@H]5CCCN5CCCOCCC(=O)N[C@H](C(=O)N5C[C@H](O)C[C@H]5C(=O)N[C@@H](C)c5ccc(-c6c(F)ccc(F)c6F)cc5)C(C)(C)C)nc4c3F)c12. The number of phenolic OH excluding ortho intramolecular Hbond substituents is 1. The summed E-state index contributed by atoms with van der Waals surface area (Å²) in [6, 6.07) is 10.6. The lowest BCUT2D eigenvalue weighted by atomic mass is 9.85. The molecule has 5 N–H and O–H groups in total. The number of hydrogen-bond acceptors (Lipinski definition) is 13. The van der Waals surface area contributed by atoms with E-state index in [0.717, 1.165) is 38.3 Å². The van der Waals surface area contributed by atoms with E-state index in [0.29, 0.717) is 60.9 Å². The first kappa shape index (κ1) is 57.7. The Hall–Kier alpha value is -7.51. The summed E-state index contributed by atoms with van der Waals surface area (Å²) in [5.41, 5.74) is -0.816. The molecule has 432 valence electrons. The molecule has 0 saturated carbocycles. The highest BCUT2D eigenvalue weighted by atomic mass is 19.2. The third kappa shape index (κ3) is 12.2. The van der Waals surface area contributed by atoms with E-state index in [1.54, 1.807) is 39.8 Å². The molecule has 0 aliphatic carbocycles. The average Bonchev–Trinajstić information content (AvgIpc) is 4.26. The highest BCUT2D eigenvalue weighted by molar-refractivity contribution is 6.03. The minimum Gasteiger partial charge on any atom is -0.508 e. The first-order valence-electron chi connectivity index (χ1n) is 27.8. The van der Waals surface area contributed by atoms with Gasteiger partial charge in [0.2, 0.25) is 17.7 Å². The van der Waals surface area contributed by atoms with Gasteiger partial charge in [-0.2, -0.15) is 9.97 Å². The van der Waals surface area contributed by atoms with Crippen LogP contribution in [0.3, 0.4) is 0 Å². The molecule has 4 aliphatic rings. The Bertz CT molecular complexity index is 3440. The maximum atomic E-state index is 17.1. The van der Waals surface area contributed by atoms with Crippen LogP contribution in [-0.2, 0) is 19.1 Å². The van der Waals surface area contributed by atoms with E-state index in [1.165, 1.54) is 47.5 Å². The molecule has 21 heteroatoms. The maximum Gasteiger partial charge on any atom is 0.319 e. The van der Waals surface area contributed by atoms with Crippen LogP contribution in [0.1, 0.15) is 89.8 Å². The number of carbonyl (C=O) groups is 3.